The van der Waals surface area contributed by atoms with Crippen LogP contribution in [0.5, 0.6) is 5.75 Å². The zero-order valence-corrected chi connectivity index (χ0v) is 9.74. The van der Waals surface area contributed by atoms with Gasteiger partial charge in [0.2, 0.25) is 0 Å². The first-order chi connectivity index (χ1) is 7.68. The van der Waals surface area contributed by atoms with Crippen molar-refractivity contribution < 1.29 is 5.11 Å². The lowest BCUT2D eigenvalue weighted by Gasteiger charge is -2.28. The van der Waals surface area contributed by atoms with E-state index in [1.807, 2.05) is 19.1 Å². The average molecular weight is 220 g/mol. The summed E-state index contributed by atoms with van der Waals surface area (Å²) >= 11 is 0. The number of benzene rings is 1. The summed E-state index contributed by atoms with van der Waals surface area (Å²) in [6.07, 6.45) is 2.18. The average Bonchev–Trinajstić information content (AvgIpc) is 2.32. The molecule has 1 saturated heterocycles. The van der Waals surface area contributed by atoms with Gasteiger partial charge in [-0.3, -0.25) is 0 Å². The Hall–Kier alpha value is -1.06. The molecule has 4 N–H and O–H groups in total. The van der Waals surface area contributed by atoms with Crippen molar-refractivity contribution in [3.8, 4) is 5.75 Å². The van der Waals surface area contributed by atoms with Crippen LogP contribution in [-0.2, 0) is 0 Å². The topological polar surface area (TPSA) is 58.3 Å². The molecule has 88 valence electrons. The van der Waals surface area contributed by atoms with Crippen molar-refractivity contribution in [1.82, 2.24) is 5.32 Å². The molecule has 1 aliphatic heterocycles. The smallest absolute Gasteiger partial charge is 0.120 e. The summed E-state index contributed by atoms with van der Waals surface area (Å²) in [4.78, 5) is 0. The van der Waals surface area contributed by atoms with Gasteiger partial charge in [-0.2, -0.15) is 0 Å². The highest BCUT2D eigenvalue weighted by Gasteiger charge is 2.23. The summed E-state index contributed by atoms with van der Waals surface area (Å²) in [6.45, 7) is 4.09. The minimum Gasteiger partial charge on any atom is -0.508 e. The van der Waals surface area contributed by atoms with Crippen molar-refractivity contribution in [2.24, 2.45) is 11.7 Å². The summed E-state index contributed by atoms with van der Waals surface area (Å²) in [5.74, 6) is 0.811. The van der Waals surface area contributed by atoms with Crippen molar-refractivity contribution in [2.45, 2.75) is 25.8 Å². The Bertz CT molecular complexity index is 359. The Kier molecular flexibility index (Phi) is 3.46. The van der Waals surface area contributed by atoms with Gasteiger partial charge in [-0.15, -0.1) is 0 Å². The SMILES string of the molecule is Cc1ccc(O)c([C@H](N)C2CCNCC2)c1. The maximum absolute atomic E-state index is 9.84. The highest BCUT2D eigenvalue weighted by atomic mass is 16.3. The van der Waals surface area contributed by atoms with E-state index in [9.17, 15) is 5.11 Å². The van der Waals surface area contributed by atoms with Crippen LogP contribution >= 0.6 is 0 Å². The summed E-state index contributed by atoms with van der Waals surface area (Å²) < 4.78 is 0. The van der Waals surface area contributed by atoms with Gasteiger partial charge in [0.15, 0.2) is 0 Å². The number of aryl methyl sites for hydroxylation is 1. The predicted molar refractivity (Wildman–Crippen MR) is 65.4 cm³/mol. The van der Waals surface area contributed by atoms with Gasteiger partial charge in [0, 0.05) is 11.6 Å². The fourth-order valence-electron chi connectivity index (χ4n) is 2.40. The van der Waals surface area contributed by atoms with E-state index >= 15 is 0 Å². The number of hydrogen-bond donors (Lipinski definition) is 3. The first-order valence-electron chi connectivity index (χ1n) is 5.94. The van der Waals surface area contributed by atoms with E-state index in [-0.39, 0.29) is 6.04 Å². The Balaban J connectivity index is 2.18. The molecule has 1 heterocycles. The van der Waals surface area contributed by atoms with Gasteiger partial charge in [0.25, 0.3) is 0 Å². The molecule has 1 aliphatic rings. The van der Waals surface area contributed by atoms with Crippen molar-refractivity contribution in [3.05, 3.63) is 29.3 Å². The summed E-state index contributed by atoms with van der Waals surface area (Å²) in [7, 11) is 0. The van der Waals surface area contributed by atoms with Crippen LogP contribution in [-0.4, -0.2) is 18.2 Å². The molecule has 1 aromatic carbocycles. The van der Waals surface area contributed by atoms with Crippen LogP contribution in [0.3, 0.4) is 0 Å². The van der Waals surface area contributed by atoms with E-state index in [1.165, 1.54) is 0 Å². The number of rotatable bonds is 2. The normalized spacial score (nSPS) is 19.6. The molecule has 3 heteroatoms. The summed E-state index contributed by atoms with van der Waals surface area (Å²) in [5, 5.41) is 13.2. The van der Waals surface area contributed by atoms with Crippen LogP contribution < -0.4 is 11.1 Å². The predicted octanol–water partition coefficient (Wildman–Crippen LogP) is 1.70. The lowest BCUT2D eigenvalue weighted by molar-refractivity contribution is 0.316. The van der Waals surface area contributed by atoms with Crippen LogP contribution in [0, 0.1) is 12.8 Å². The largest absolute Gasteiger partial charge is 0.508 e. The van der Waals surface area contributed by atoms with Gasteiger partial charge in [-0.1, -0.05) is 17.7 Å². The van der Waals surface area contributed by atoms with Gasteiger partial charge in [-0.05, 0) is 44.8 Å². The second kappa shape index (κ2) is 4.85. The highest BCUT2D eigenvalue weighted by molar-refractivity contribution is 5.38. The molecule has 2 rings (SSSR count). The molecule has 0 unspecified atom stereocenters. The first-order valence-corrected chi connectivity index (χ1v) is 5.94. The molecule has 0 aliphatic carbocycles. The zero-order valence-electron chi connectivity index (χ0n) is 9.74. The van der Waals surface area contributed by atoms with Crippen LogP contribution in [0.2, 0.25) is 0 Å². The summed E-state index contributed by atoms with van der Waals surface area (Å²) in [5.41, 5.74) is 8.30. The van der Waals surface area contributed by atoms with E-state index in [2.05, 4.69) is 5.32 Å². The first kappa shape index (κ1) is 11.4. The molecular weight excluding hydrogens is 200 g/mol. The van der Waals surface area contributed by atoms with Gasteiger partial charge in [-0.25, -0.2) is 0 Å². The van der Waals surface area contributed by atoms with E-state index in [4.69, 9.17) is 5.73 Å². The number of nitrogens with one attached hydrogen (secondary N) is 1. The molecule has 16 heavy (non-hydrogen) atoms. The molecule has 0 bridgehead atoms. The third kappa shape index (κ3) is 2.36. The van der Waals surface area contributed by atoms with Crippen LogP contribution in [0.4, 0.5) is 0 Å². The molecule has 1 fully saturated rings. The minimum absolute atomic E-state index is 0.0398. The molecule has 1 atom stereocenters. The van der Waals surface area contributed by atoms with Crippen LogP contribution in [0.15, 0.2) is 18.2 Å². The second-order valence-corrected chi connectivity index (χ2v) is 4.68. The van der Waals surface area contributed by atoms with Crippen molar-refractivity contribution in [2.75, 3.05) is 13.1 Å². The number of phenolic OH excluding ortho intramolecular Hbond substituents is 1. The third-order valence-corrected chi connectivity index (χ3v) is 3.43. The standard InChI is InChI=1S/C13H20N2O/c1-9-2-3-12(16)11(8-9)13(14)10-4-6-15-7-5-10/h2-3,8,10,13,15-16H,4-7,14H2,1H3/t13-/m1/s1. The number of piperidine rings is 1. The van der Waals surface area contributed by atoms with E-state index < -0.39 is 0 Å². The van der Waals surface area contributed by atoms with Gasteiger partial charge in [0.1, 0.15) is 5.75 Å². The Morgan fingerprint density at radius 2 is 2.06 bits per heavy atom. The van der Waals surface area contributed by atoms with Gasteiger partial charge < -0.3 is 16.2 Å². The molecule has 0 spiro atoms. The number of phenols is 1. The molecular formula is C13H20N2O. The van der Waals surface area contributed by atoms with Crippen LogP contribution in [0.25, 0.3) is 0 Å². The number of hydrogen-bond acceptors (Lipinski definition) is 3. The van der Waals surface area contributed by atoms with Crippen molar-refractivity contribution in [1.29, 1.82) is 0 Å². The third-order valence-electron chi connectivity index (χ3n) is 3.43. The second-order valence-electron chi connectivity index (χ2n) is 4.68. The van der Waals surface area contributed by atoms with E-state index in [0.29, 0.717) is 11.7 Å². The fourth-order valence-corrected chi connectivity index (χ4v) is 2.40. The number of nitrogens with two attached hydrogens (primary N) is 1. The maximum atomic E-state index is 9.84. The highest BCUT2D eigenvalue weighted by Crippen LogP contribution is 2.32. The minimum atomic E-state index is -0.0398. The molecule has 0 amide bonds. The summed E-state index contributed by atoms with van der Waals surface area (Å²) in [6, 6.07) is 5.61. The fraction of sp³-hybridized carbons (Fsp3) is 0.538. The van der Waals surface area contributed by atoms with Crippen LogP contribution in [0.1, 0.15) is 30.0 Å². The molecule has 0 aromatic heterocycles. The Morgan fingerprint density at radius 3 is 2.75 bits per heavy atom. The quantitative estimate of drug-likeness (QED) is 0.711. The monoisotopic (exact) mass is 220 g/mol. The zero-order chi connectivity index (χ0) is 11.5. The molecule has 0 radical (unpaired) electrons. The van der Waals surface area contributed by atoms with Gasteiger partial charge >= 0.3 is 0 Å². The van der Waals surface area contributed by atoms with Gasteiger partial charge in [0.05, 0.1) is 0 Å². The maximum Gasteiger partial charge on any atom is 0.120 e. The Labute approximate surface area is 96.7 Å². The van der Waals surface area contributed by atoms with E-state index in [0.717, 1.165) is 37.1 Å². The van der Waals surface area contributed by atoms with Crippen molar-refractivity contribution >= 4 is 0 Å². The van der Waals surface area contributed by atoms with Crippen molar-refractivity contribution in [3.63, 3.8) is 0 Å². The lowest BCUT2D eigenvalue weighted by Crippen LogP contribution is -2.33. The number of aromatic hydroxyl groups is 1. The molecule has 3 nitrogen and oxygen atoms in total. The Morgan fingerprint density at radius 1 is 1.38 bits per heavy atom. The molecule has 1 aromatic rings. The lowest BCUT2D eigenvalue weighted by atomic mass is 9.86. The van der Waals surface area contributed by atoms with E-state index in [1.54, 1.807) is 6.07 Å². The molecule has 0 saturated carbocycles.